The smallest absolute Gasteiger partial charge is 0.191 e. The molecule has 170 valence electrons. The molecule has 3 heterocycles. The Morgan fingerprint density at radius 3 is 2.81 bits per heavy atom. The monoisotopic (exact) mass is 545 g/mol. The van der Waals surface area contributed by atoms with Crippen LogP contribution in [0.4, 0.5) is 0 Å². The van der Waals surface area contributed by atoms with E-state index in [1.165, 1.54) is 18.4 Å². The van der Waals surface area contributed by atoms with E-state index >= 15 is 0 Å². The van der Waals surface area contributed by atoms with Gasteiger partial charge in [-0.25, -0.2) is 4.98 Å². The number of hydrogen-bond acceptors (Lipinski definition) is 3. The molecule has 1 aromatic carbocycles. The average Bonchev–Trinajstić information content (AvgIpc) is 3.40. The van der Waals surface area contributed by atoms with Gasteiger partial charge >= 0.3 is 0 Å². The highest BCUT2D eigenvalue weighted by atomic mass is 127. The number of pyridine rings is 1. The maximum Gasteiger partial charge on any atom is 0.191 e. The molecule has 2 aromatic heterocycles. The molecule has 0 bridgehead atoms. The fourth-order valence-electron chi connectivity index (χ4n) is 4.95. The summed E-state index contributed by atoms with van der Waals surface area (Å²) in [5, 5.41) is 7.14. The first-order valence-corrected chi connectivity index (χ1v) is 11.5. The maximum atomic E-state index is 6.51. The van der Waals surface area contributed by atoms with Gasteiger partial charge in [-0.15, -0.1) is 24.0 Å². The molecule has 1 fully saturated rings. The third-order valence-corrected chi connectivity index (χ3v) is 6.42. The minimum Gasteiger partial charge on any atom is -0.487 e. The molecule has 6 nitrogen and oxygen atoms in total. The number of para-hydroxylation sites is 1. The van der Waals surface area contributed by atoms with E-state index in [9.17, 15) is 0 Å². The number of guanidine groups is 1. The normalized spacial score (nSPS) is 19.3. The lowest BCUT2D eigenvalue weighted by atomic mass is 9.86. The molecule has 0 saturated heterocycles. The Morgan fingerprint density at radius 2 is 2.00 bits per heavy atom. The van der Waals surface area contributed by atoms with Gasteiger partial charge < -0.3 is 19.8 Å². The highest BCUT2D eigenvalue weighted by molar-refractivity contribution is 14.0. The Labute approximate surface area is 206 Å². The van der Waals surface area contributed by atoms with Crippen LogP contribution >= 0.6 is 24.0 Å². The van der Waals surface area contributed by atoms with Crippen molar-refractivity contribution < 1.29 is 4.74 Å². The van der Waals surface area contributed by atoms with Crippen LogP contribution in [0, 0.1) is 0 Å². The van der Waals surface area contributed by atoms with Gasteiger partial charge in [0.2, 0.25) is 0 Å². The summed E-state index contributed by atoms with van der Waals surface area (Å²) < 4.78 is 8.57. The molecule has 3 aromatic rings. The van der Waals surface area contributed by atoms with Gasteiger partial charge in [0.15, 0.2) is 5.96 Å². The van der Waals surface area contributed by atoms with Crippen LogP contribution in [-0.4, -0.2) is 34.0 Å². The zero-order chi connectivity index (χ0) is 21.1. The lowest BCUT2D eigenvalue weighted by molar-refractivity contribution is 0.0396. The number of nitrogens with zero attached hydrogens (tertiary/aromatic N) is 3. The summed E-state index contributed by atoms with van der Waals surface area (Å²) in [6, 6.07) is 14.7. The van der Waals surface area contributed by atoms with Gasteiger partial charge in [-0.1, -0.05) is 24.3 Å². The number of ether oxygens (including phenoxy) is 1. The number of rotatable bonds is 5. The minimum absolute atomic E-state index is 0. The van der Waals surface area contributed by atoms with Gasteiger partial charge in [0.25, 0.3) is 0 Å². The van der Waals surface area contributed by atoms with E-state index in [2.05, 4.69) is 57.4 Å². The molecule has 0 amide bonds. The van der Waals surface area contributed by atoms with Crippen LogP contribution in [0.3, 0.4) is 0 Å². The highest BCUT2D eigenvalue weighted by Crippen LogP contribution is 2.46. The number of fused-ring (bicyclic) bond motifs is 2. The molecular weight excluding hydrogens is 513 g/mol. The van der Waals surface area contributed by atoms with Crippen LogP contribution in [0.5, 0.6) is 5.75 Å². The molecule has 1 saturated carbocycles. The van der Waals surface area contributed by atoms with E-state index in [1.54, 1.807) is 0 Å². The first-order valence-electron chi connectivity index (χ1n) is 11.5. The van der Waals surface area contributed by atoms with Gasteiger partial charge in [-0.3, -0.25) is 4.99 Å². The number of hydrogen-bond donors (Lipinski definition) is 2. The predicted molar refractivity (Wildman–Crippen MR) is 139 cm³/mol. The summed E-state index contributed by atoms with van der Waals surface area (Å²) in [6.45, 7) is 3.63. The Balaban J connectivity index is 0.00000245. The molecular formula is C25H32IN5O. The van der Waals surface area contributed by atoms with Gasteiger partial charge in [0.1, 0.15) is 17.0 Å². The second kappa shape index (κ2) is 10.1. The number of halogens is 1. The Bertz CT molecular complexity index is 1040. The Morgan fingerprint density at radius 1 is 1.19 bits per heavy atom. The van der Waals surface area contributed by atoms with Crippen molar-refractivity contribution >= 4 is 35.6 Å². The molecule has 5 rings (SSSR count). The maximum absolute atomic E-state index is 6.51. The van der Waals surface area contributed by atoms with Crippen molar-refractivity contribution in [3.63, 3.8) is 0 Å². The van der Waals surface area contributed by atoms with Gasteiger partial charge in [-0.2, -0.15) is 0 Å². The van der Waals surface area contributed by atoms with Crippen molar-refractivity contribution in [1.29, 1.82) is 0 Å². The lowest BCUT2D eigenvalue weighted by Gasteiger charge is -2.40. The highest BCUT2D eigenvalue weighted by Gasteiger charge is 2.43. The van der Waals surface area contributed by atoms with Crippen LogP contribution in [0.25, 0.3) is 5.65 Å². The number of imidazole rings is 1. The van der Waals surface area contributed by atoms with E-state index in [1.807, 2.05) is 24.4 Å². The van der Waals surface area contributed by atoms with Crippen molar-refractivity contribution in [2.24, 2.45) is 4.99 Å². The first kappa shape index (κ1) is 22.9. The molecule has 1 spiro atoms. The molecule has 32 heavy (non-hydrogen) atoms. The third-order valence-electron chi connectivity index (χ3n) is 6.42. The van der Waals surface area contributed by atoms with Crippen molar-refractivity contribution in [2.45, 2.75) is 57.1 Å². The molecule has 1 aliphatic heterocycles. The van der Waals surface area contributed by atoms with Crippen molar-refractivity contribution in [3.8, 4) is 5.75 Å². The Kier molecular flexibility index (Phi) is 7.23. The van der Waals surface area contributed by atoms with E-state index in [0.29, 0.717) is 6.54 Å². The fourth-order valence-corrected chi connectivity index (χ4v) is 4.95. The molecule has 0 radical (unpaired) electrons. The lowest BCUT2D eigenvalue weighted by Crippen LogP contribution is -2.46. The second-order valence-electron chi connectivity index (χ2n) is 8.64. The molecule has 7 heteroatoms. The molecule has 1 unspecified atom stereocenters. The molecule has 1 atom stereocenters. The SMILES string of the molecule is CCNC(=NCCc1cn2ccccc2n1)NC1CC2(CCCC2)Oc2ccccc21.I. The predicted octanol–water partition coefficient (Wildman–Crippen LogP) is 4.89. The summed E-state index contributed by atoms with van der Waals surface area (Å²) in [5.74, 6) is 1.88. The topological polar surface area (TPSA) is 63.0 Å². The number of aliphatic imine (C=N–C) groups is 1. The molecule has 2 N–H and O–H groups in total. The fraction of sp³-hybridized carbons (Fsp3) is 0.440. The van der Waals surface area contributed by atoms with Crippen LogP contribution < -0.4 is 15.4 Å². The second-order valence-corrected chi connectivity index (χ2v) is 8.64. The van der Waals surface area contributed by atoms with Crippen LogP contribution in [0.1, 0.15) is 56.3 Å². The van der Waals surface area contributed by atoms with Crippen molar-refractivity contribution in [1.82, 2.24) is 20.0 Å². The summed E-state index contributed by atoms with van der Waals surface area (Å²) in [6.07, 6.45) is 10.7. The number of benzene rings is 1. The molecule has 1 aliphatic carbocycles. The number of aromatic nitrogens is 2. The summed E-state index contributed by atoms with van der Waals surface area (Å²) >= 11 is 0. The third kappa shape index (κ3) is 4.87. The van der Waals surface area contributed by atoms with Crippen LogP contribution in [-0.2, 0) is 6.42 Å². The largest absolute Gasteiger partial charge is 0.487 e. The van der Waals surface area contributed by atoms with Crippen molar-refractivity contribution in [3.05, 3.63) is 66.1 Å². The standard InChI is InChI=1S/C25H31N5O.HI/c1-2-26-24(27-15-12-19-18-30-16-8-5-11-23(30)28-19)29-21-17-25(13-6-7-14-25)31-22-10-4-3-9-20(21)22;/h3-5,8-11,16,18,21H,2,6-7,12-15,17H2,1H3,(H2,26,27,29);1H. The van der Waals surface area contributed by atoms with Crippen molar-refractivity contribution in [2.75, 3.05) is 13.1 Å². The average molecular weight is 545 g/mol. The van der Waals surface area contributed by atoms with Gasteiger partial charge in [0, 0.05) is 43.9 Å². The zero-order valence-electron chi connectivity index (χ0n) is 18.6. The quantitative estimate of drug-likeness (QED) is 0.273. The zero-order valence-corrected chi connectivity index (χ0v) is 20.9. The van der Waals surface area contributed by atoms with E-state index in [0.717, 1.165) is 55.3 Å². The first-order chi connectivity index (χ1) is 15.2. The van der Waals surface area contributed by atoms with Crippen LogP contribution in [0.15, 0.2) is 59.9 Å². The summed E-state index contributed by atoms with van der Waals surface area (Å²) in [4.78, 5) is 9.55. The Hall–Kier alpha value is -2.29. The van der Waals surface area contributed by atoms with Gasteiger partial charge in [-0.05, 0) is 50.8 Å². The number of nitrogens with one attached hydrogen (secondary N) is 2. The van der Waals surface area contributed by atoms with E-state index in [-0.39, 0.29) is 35.6 Å². The summed E-state index contributed by atoms with van der Waals surface area (Å²) in [7, 11) is 0. The van der Waals surface area contributed by atoms with E-state index < -0.39 is 0 Å². The minimum atomic E-state index is -0.0279. The molecule has 2 aliphatic rings. The van der Waals surface area contributed by atoms with Gasteiger partial charge in [0.05, 0.1) is 11.7 Å². The summed E-state index contributed by atoms with van der Waals surface area (Å²) in [5.41, 5.74) is 3.24. The van der Waals surface area contributed by atoms with Crippen LogP contribution in [0.2, 0.25) is 0 Å². The van der Waals surface area contributed by atoms with E-state index in [4.69, 9.17) is 9.73 Å².